The lowest BCUT2D eigenvalue weighted by atomic mass is 9.99. The summed E-state index contributed by atoms with van der Waals surface area (Å²) in [6, 6.07) is 40.1. The van der Waals surface area contributed by atoms with Crippen LogP contribution in [0.4, 0.5) is 17.3 Å². The second kappa shape index (κ2) is 7.72. The quantitative estimate of drug-likeness (QED) is 0.263. The fourth-order valence-corrected chi connectivity index (χ4v) is 5.78. The number of para-hydroxylation sites is 3. The Morgan fingerprint density at radius 1 is 0.529 bits per heavy atom. The van der Waals surface area contributed by atoms with Gasteiger partial charge < -0.3 is 0 Å². The number of rotatable bonds is 2. The Morgan fingerprint density at radius 2 is 1.15 bits per heavy atom. The predicted octanol–water partition coefficient (Wildman–Crippen LogP) is 8.38. The molecule has 160 valence electrons. The molecule has 0 radical (unpaired) electrons. The van der Waals surface area contributed by atoms with Gasteiger partial charge in [0.15, 0.2) is 0 Å². The molecule has 4 heteroatoms. The van der Waals surface area contributed by atoms with Crippen molar-refractivity contribution in [3.05, 3.63) is 115 Å². The molecule has 0 atom stereocenters. The maximum Gasteiger partial charge on any atom is 0.235 e. The molecular formula is C30H19N3S. The predicted molar refractivity (Wildman–Crippen MR) is 141 cm³/mol. The summed E-state index contributed by atoms with van der Waals surface area (Å²) in [5, 5.41) is 3.44. The van der Waals surface area contributed by atoms with E-state index in [0.29, 0.717) is 5.95 Å². The average Bonchev–Trinajstić information content (AvgIpc) is 2.91. The van der Waals surface area contributed by atoms with E-state index >= 15 is 0 Å². The van der Waals surface area contributed by atoms with Crippen LogP contribution in [-0.4, -0.2) is 9.97 Å². The van der Waals surface area contributed by atoms with Crippen LogP contribution in [0.5, 0.6) is 0 Å². The lowest BCUT2D eigenvalue weighted by Crippen LogP contribution is -2.17. The van der Waals surface area contributed by atoms with Gasteiger partial charge in [0, 0.05) is 20.7 Å². The fraction of sp³-hybridized carbons (Fsp3) is 0. The molecule has 2 heterocycles. The molecule has 1 aliphatic heterocycles. The van der Waals surface area contributed by atoms with E-state index in [-0.39, 0.29) is 0 Å². The van der Waals surface area contributed by atoms with Gasteiger partial charge in [-0.25, -0.2) is 9.97 Å². The Kier molecular flexibility index (Phi) is 4.39. The number of hydrogen-bond donors (Lipinski definition) is 0. The van der Waals surface area contributed by atoms with Crippen molar-refractivity contribution in [1.82, 2.24) is 9.97 Å². The Bertz CT molecular complexity index is 1660. The van der Waals surface area contributed by atoms with E-state index in [1.807, 2.05) is 6.07 Å². The number of hydrogen-bond acceptors (Lipinski definition) is 4. The van der Waals surface area contributed by atoms with Gasteiger partial charge in [0.2, 0.25) is 5.95 Å². The number of anilines is 3. The molecule has 0 fully saturated rings. The first-order chi connectivity index (χ1) is 16.9. The van der Waals surface area contributed by atoms with Crippen molar-refractivity contribution in [2.24, 2.45) is 0 Å². The van der Waals surface area contributed by atoms with Gasteiger partial charge in [-0.05, 0) is 41.1 Å². The zero-order valence-corrected chi connectivity index (χ0v) is 19.0. The highest BCUT2D eigenvalue weighted by Gasteiger charge is 2.27. The fourth-order valence-electron chi connectivity index (χ4n) is 4.72. The van der Waals surface area contributed by atoms with Gasteiger partial charge in [-0.2, -0.15) is 0 Å². The van der Waals surface area contributed by atoms with Crippen molar-refractivity contribution in [2.45, 2.75) is 9.79 Å². The van der Waals surface area contributed by atoms with Crippen molar-refractivity contribution >= 4 is 50.8 Å². The monoisotopic (exact) mass is 453 g/mol. The van der Waals surface area contributed by atoms with E-state index in [9.17, 15) is 0 Å². The summed E-state index contributed by atoms with van der Waals surface area (Å²) < 4.78 is 0. The SMILES string of the molecule is c1ccc2c(c1)Sc1ccccc1N2c1nc(-c2cccc3ccccc23)c2ccccc2n1. The molecule has 1 aliphatic rings. The minimum Gasteiger partial charge on any atom is -0.277 e. The third-order valence-electron chi connectivity index (χ3n) is 6.27. The molecule has 34 heavy (non-hydrogen) atoms. The molecule has 6 aromatic rings. The second-order valence-corrected chi connectivity index (χ2v) is 9.37. The highest BCUT2D eigenvalue weighted by Crippen LogP contribution is 2.50. The zero-order chi connectivity index (χ0) is 22.5. The Morgan fingerprint density at radius 3 is 1.94 bits per heavy atom. The number of benzene rings is 5. The molecule has 3 nitrogen and oxygen atoms in total. The molecule has 0 N–H and O–H groups in total. The molecule has 0 unspecified atom stereocenters. The Labute approximate surface area is 201 Å². The standard InChI is InChI=1S/C30H19N3S/c1-2-12-21-20(10-1)11-9-14-22(21)29-23-13-3-4-15-24(23)31-30(32-29)33-25-16-5-7-18-27(25)34-28-19-8-6-17-26(28)33/h1-19H. The summed E-state index contributed by atoms with van der Waals surface area (Å²) in [6.45, 7) is 0. The second-order valence-electron chi connectivity index (χ2n) is 8.29. The molecule has 0 bridgehead atoms. The molecule has 0 amide bonds. The third-order valence-corrected chi connectivity index (χ3v) is 7.40. The molecule has 5 aromatic carbocycles. The summed E-state index contributed by atoms with van der Waals surface area (Å²) in [6.07, 6.45) is 0. The van der Waals surface area contributed by atoms with Crippen LogP contribution in [0.3, 0.4) is 0 Å². The van der Waals surface area contributed by atoms with Crippen LogP contribution in [0, 0.1) is 0 Å². The molecule has 0 aliphatic carbocycles. The molecule has 0 spiro atoms. The van der Waals surface area contributed by atoms with E-state index in [1.54, 1.807) is 11.8 Å². The van der Waals surface area contributed by atoms with E-state index in [0.717, 1.165) is 33.5 Å². The Hall–Kier alpha value is -4.15. The first-order valence-electron chi connectivity index (χ1n) is 11.3. The summed E-state index contributed by atoms with van der Waals surface area (Å²) >= 11 is 1.79. The van der Waals surface area contributed by atoms with Gasteiger partial charge in [-0.3, -0.25) is 4.90 Å². The molecular weight excluding hydrogens is 434 g/mol. The lowest BCUT2D eigenvalue weighted by molar-refractivity contribution is 1.07. The van der Waals surface area contributed by atoms with Crippen molar-refractivity contribution in [3.8, 4) is 11.3 Å². The smallest absolute Gasteiger partial charge is 0.235 e. The van der Waals surface area contributed by atoms with Crippen molar-refractivity contribution < 1.29 is 0 Å². The van der Waals surface area contributed by atoms with Crippen molar-refractivity contribution in [3.63, 3.8) is 0 Å². The highest BCUT2D eigenvalue weighted by molar-refractivity contribution is 7.99. The van der Waals surface area contributed by atoms with E-state index in [4.69, 9.17) is 9.97 Å². The van der Waals surface area contributed by atoms with E-state index in [2.05, 4.69) is 114 Å². The summed E-state index contributed by atoms with van der Waals surface area (Å²) in [5.74, 6) is 0.682. The minimum atomic E-state index is 0.682. The first kappa shape index (κ1) is 19.3. The van der Waals surface area contributed by atoms with Gasteiger partial charge in [-0.15, -0.1) is 0 Å². The zero-order valence-electron chi connectivity index (χ0n) is 18.2. The van der Waals surface area contributed by atoms with Crippen molar-refractivity contribution in [1.29, 1.82) is 0 Å². The van der Waals surface area contributed by atoms with Gasteiger partial charge in [0.1, 0.15) is 0 Å². The maximum atomic E-state index is 5.25. The van der Waals surface area contributed by atoms with E-state index < -0.39 is 0 Å². The number of fused-ring (bicyclic) bond motifs is 4. The summed E-state index contributed by atoms with van der Waals surface area (Å²) in [4.78, 5) is 14.9. The molecule has 1 aromatic heterocycles. The van der Waals surface area contributed by atoms with E-state index in [1.165, 1.54) is 20.6 Å². The summed E-state index contributed by atoms with van der Waals surface area (Å²) in [7, 11) is 0. The van der Waals surface area contributed by atoms with Crippen LogP contribution in [0.2, 0.25) is 0 Å². The molecule has 7 rings (SSSR count). The van der Waals surface area contributed by atoms with Crippen molar-refractivity contribution in [2.75, 3.05) is 4.90 Å². The average molecular weight is 454 g/mol. The largest absolute Gasteiger partial charge is 0.277 e. The maximum absolute atomic E-state index is 5.25. The minimum absolute atomic E-state index is 0.682. The van der Waals surface area contributed by atoms with Crippen LogP contribution in [0.15, 0.2) is 125 Å². The van der Waals surface area contributed by atoms with Gasteiger partial charge in [0.05, 0.1) is 22.6 Å². The topological polar surface area (TPSA) is 29.0 Å². The van der Waals surface area contributed by atoms with Crippen LogP contribution >= 0.6 is 11.8 Å². The van der Waals surface area contributed by atoms with Gasteiger partial charge in [0.25, 0.3) is 0 Å². The summed E-state index contributed by atoms with van der Waals surface area (Å²) in [5.41, 5.74) is 5.20. The lowest BCUT2D eigenvalue weighted by Gasteiger charge is -2.31. The third kappa shape index (κ3) is 3.00. The van der Waals surface area contributed by atoms with Crippen LogP contribution in [0.25, 0.3) is 32.9 Å². The van der Waals surface area contributed by atoms with Crippen LogP contribution < -0.4 is 4.90 Å². The van der Waals surface area contributed by atoms with Crippen LogP contribution in [-0.2, 0) is 0 Å². The van der Waals surface area contributed by atoms with Crippen LogP contribution in [0.1, 0.15) is 0 Å². The van der Waals surface area contributed by atoms with Gasteiger partial charge >= 0.3 is 0 Å². The number of nitrogens with zero attached hydrogens (tertiary/aromatic N) is 3. The normalized spacial score (nSPS) is 12.5. The molecule has 0 saturated carbocycles. The van der Waals surface area contributed by atoms with Gasteiger partial charge in [-0.1, -0.05) is 96.7 Å². The highest BCUT2D eigenvalue weighted by atomic mass is 32.2. The molecule has 0 saturated heterocycles. The first-order valence-corrected chi connectivity index (χ1v) is 12.1. The number of aromatic nitrogens is 2. The Balaban J connectivity index is 1.55.